The highest BCUT2D eigenvalue weighted by molar-refractivity contribution is 6.25. The maximum Gasteiger partial charge on any atom is 0.0972 e. The molecule has 0 spiro atoms. The molecule has 8 aromatic carbocycles. The quantitative estimate of drug-likeness (QED) is 0.177. The molecule has 3 heterocycles. The SMILES string of the molecule is c1cnc2c(-c3ccc(-c4ccc5ccc6ccc(-c7ccc(-c8ccc9ccc%10cccc%11ccc8c9c%10%11)cc7)nc6c5n4)cc3)cccc2c1. The molecule has 0 bridgehead atoms. The molecule has 0 radical (unpaired) electrons. The third kappa shape index (κ3) is 4.50. The first-order valence-electron chi connectivity index (χ1n) is 17.7. The Morgan fingerprint density at radius 3 is 1.42 bits per heavy atom. The number of nitrogens with zero attached hydrogens (tertiary/aromatic N) is 3. The molecule has 0 fully saturated rings. The molecule has 240 valence electrons. The Morgan fingerprint density at radius 1 is 0.288 bits per heavy atom. The molecule has 0 unspecified atom stereocenters. The van der Waals surface area contributed by atoms with E-state index in [9.17, 15) is 0 Å². The fourth-order valence-electron chi connectivity index (χ4n) is 8.05. The Balaban J connectivity index is 0.958. The van der Waals surface area contributed by atoms with Gasteiger partial charge in [-0.2, -0.15) is 0 Å². The van der Waals surface area contributed by atoms with Crippen LogP contribution in [-0.2, 0) is 0 Å². The second-order valence-corrected chi connectivity index (χ2v) is 13.6. The van der Waals surface area contributed by atoms with Crippen molar-refractivity contribution in [3.05, 3.63) is 176 Å². The van der Waals surface area contributed by atoms with E-state index in [-0.39, 0.29) is 0 Å². The summed E-state index contributed by atoms with van der Waals surface area (Å²) in [7, 11) is 0. The van der Waals surface area contributed by atoms with Gasteiger partial charge in [0.2, 0.25) is 0 Å². The molecule has 0 atom stereocenters. The maximum absolute atomic E-state index is 5.23. The predicted molar refractivity (Wildman–Crippen MR) is 218 cm³/mol. The Bertz CT molecular complexity index is 3140. The fourth-order valence-corrected chi connectivity index (χ4v) is 8.05. The van der Waals surface area contributed by atoms with Crippen LogP contribution >= 0.6 is 0 Å². The van der Waals surface area contributed by atoms with E-state index in [4.69, 9.17) is 9.97 Å². The lowest BCUT2D eigenvalue weighted by Gasteiger charge is -2.14. The molecule has 0 N–H and O–H groups in total. The first-order chi connectivity index (χ1) is 25.7. The molecular formula is C49H29N3. The van der Waals surface area contributed by atoms with E-state index in [0.717, 1.165) is 66.4 Å². The summed E-state index contributed by atoms with van der Waals surface area (Å²) in [5, 5.41) is 11.1. The van der Waals surface area contributed by atoms with Gasteiger partial charge in [-0.25, -0.2) is 9.97 Å². The van der Waals surface area contributed by atoms with E-state index in [0.29, 0.717) is 0 Å². The summed E-state index contributed by atoms with van der Waals surface area (Å²) in [6.45, 7) is 0. The van der Waals surface area contributed by atoms with Crippen LogP contribution in [0, 0.1) is 0 Å². The van der Waals surface area contributed by atoms with Gasteiger partial charge in [-0.1, -0.05) is 152 Å². The first kappa shape index (κ1) is 28.8. The number of fused-ring (bicyclic) bond motifs is 4. The molecule has 0 amide bonds. The molecule has 3 heteroatoms. The monoisotopic (exact) mass is 659 g/mol. The minimum atomic E-state index is 0.907. The van der Waals surface area contributed by atoms with Crippen molar-refractivity contribution < 1.29 is 0 Å². The molecule has 3 aromatic heterocycles. The van der Waals surface area contributed by atoms with E-state index in [1.54, 1.807) is 0 Å². The lowest BCUT2D eigenvalue weighted by molar-refractivity contribution is 1.36. The van der Waals surface area contributed by atoms with Crippen molar-refractivity contribution in [2.45, 2.75) is 0 Å². The van der Waals surface area contributed by atoms with Gasteiger partial charge < -0.3 is 0 Å². The molecule has 0 aliphatic carbocycles. The Morgan fingerprint density at radius 2 is 0.750 bits per heavy atom. The molecule has 0 aliphatic heterocycles. The summed E-state index contributed by atoms with van der Waals surface area (Å²) in [6, 6.07) is 60.8. The van der Waals surface area contributed by atoms with Crippen molar-refractivity contribution in [2.75, 3.05) is 0 Å². The Kier molecular flexibility index (Phi) is 6.25. The zero-order chi connectivity index (χ0) is 34.2. The minimum Gasteiger partial charge on any atom is -0.256 e. The summed E-state index contributed by atoms with van der Waals surface area (Å²) in [5.41, 5.74) is 11.5. The average molecular weight is 660 g/mol. The van der Waals surface area contributed by atoms with Crippen molar-refractivity contribution in [1.29, 1.82) is 0 Å². The number of benzene rings is 8. The van der Waals surface area contributed by atoms with Gasteiger partial charge in [0.1, 0.15) is 0 Å². The van der Waals surface area contributed by atoms with E-state index in [2.05, 4.69) is 169 Å². The summed E-state index contributed by atoms with van der Waals surface area (Å²) >= 11 is 0. The molecule has 52 heavy (non-hydrogen) atoms. The van der Waals surface area contributed by atoms with Crippen LogP contribution < -0.4 is 0 Å². The van der Waals surface area contributed by atoms with Crippen LogP contribution in [0.25, 0.3) is 110 Å². The normalized spacial score (nSPS) is 11.8. The fraction of sp³-hybridized carbons (Fsp3) is 0. The summed E-state index contributed by atoms with van der Waals surface area (Å²) in [4.78, 5) is 15.1. The topological polar surface area (TPSA) is 38.7 Å². The average Bonchev–Trinajstić information content (AvgIpc) is 3.22. The van der Waals surface area contributed by atoms with Crippen molar-refractivity contribution in [3.63, 3.8) is 0 Å². The van der Waals surface area contributed by atoms with E-state index in [1.807, 2.05) is 12.3 Å². The van der Waals surface area contributed by atoms with Crippen molar-refractivity contribution in [3.8, 4) is 44.8 Å². The van der Waals surface area contributed by atoms with Crippen LogP contribution in [0.4, 0.5) is 0 Å². The van der Waals surface area contributed by atoms with Gasteiger partial charge in [0.25, 0.3) is 0 Å². The third-order valence-electron chi connectivity index (χ3n) is 10.7. The highest BCUT2D eigenvalue weighted by atomic mass is 14.8. The second-order valence-electron chi connectivity index (χ2n) is 13.6. The summed E-state index contributed by atoms with van der Waals surface area (Å²) < 4.78 is 0. The Hall–Kier alpha value is -6.97. The Labute approximate surface area is 299 Å². The smallest absolute Gasteiger partial charge is 0.0972 e. The lowest BCUT2D eigenvalue weighted by atomic mass is 9.89. The third-order valence-corrected chi connectivity index (χ3v) is 10.7. The number of aromatic nitrogens is 3. The number of hydrogen-bond acceptors (Lipinski definition) is 3. The van der Waals surface area contributed by atoms with Crippen molar-refractivity contribution in [2.24, 2.45) is 0 Å². The van der Waals surface area contributed by atoms with E-state index >= 15 is 0 Å². The largest absolute Gasteiger partial charge is 0.256 e. The molecule has 0 saturated carbocycles. The van der Waals surface area contributed by atoms with Crippen LogP contribution in [-0.4, -0.2) is 15.0 Å². The van der Waals surface area contributed by atoms with Gasteiger partial charge in [-0.15, -0.1) is 0 Å². The van der Waals surface area contributed by atoms with Crippen molar-refractivity contribution >= 4 is 65.0 Å². The van der Waals surface area contributed by atoms with Crippen LogP contribution in [0.5, 0.6) is 0 Å². The minimum absolute atomic E-state index is 0.907. The van der Waals surface area contributed by atoms with Crippen molar-refractivity contribution in [1.82, 2.24) is 15.0 Å². The lowest BCUT2D eigenvalue weighted by Crippen LogP contribution is -1.91. The molecule has 11 rings (SSSR count). The van der Waals surface area contributed by atoms with Crippen LogP contribution in [0.3, 0.4) is 0 Å². The van der Waals surface area contributed by atoms with Crippen LogP contribution in [0.2, 0.25) is 0 Å². The number of pyridine rings is 3. The highest BCUT2D eigenvalue weighted by Crippen LogP contribution is 2.40. The summed E-state index contributed by atoms with van der Waals surface area (Å²) in [5.74, 6) is 0. The van der Waals surface area contributed by atoms with Gasteiger partial charge in [-0.05, 0) is 67.2 Å². The molecule has 0 saturated heterocycles. The molecule has 11 aromatic rings. The van der Waals surface area contributed by atoms with E-state index in [1.165, 1.54) is 43.4 Å². The standard InChI is InChI=1S/C49H29N3/c1-4-34-17-18-36-21-25-40(42-26-22-35(5-1)45(34)46(36)42)30-9-13-32(14-10-30)43-27-23-38-19-20-39-24-28-44(52-49(39)48(38)51-43)33-15-11-31(12-16-33)41-8-2-6-37-7-3-29-50-47(37)41/h1-29H. The zero-order valence-corrected chi connectivity index (χ0v) is 28.1. The van der Waals surface area contributed by atoms with Gasteiger partial charge in [0, 0.05) is 39.0 Å². The van der Waals surface area contributed by atoms with Gasteiger partial charge >= 0.3 is 0 Å². The molecule has 0 aliphatic rings. The van der Waals surface area contributed by atoms with Gasteiger partial charge in [0.05, 0.1) is 27.9 Å². The molecular weight excluding hydrogens is 631 g/mol. The zero-order valence-electron chi connectivity index (χ0n) is 28.1. The second kappa shape index (κ2) is 11.3. The number of hydrogen-bond donors (Lipinski definition) is 0. The number of para-hydroxylation sites is 1. The molecule has 3 nitrogen and oxygen atoms in total. The highest BCUT2D eigenvalue weighted by Gasteiger charge is 2.14. The summed E-state index contributed by atoms with van der Waals surface area (Å²) in [6.07, 6.45) is 1.85. The first-order valence-corrected chi connectivity index (χ1v) is 17.7. The number of rotatable bonds is 4. The van der Waals surface area contributed by atoms with E-state index < -0.39 is 0 Å². The van der Waals surface area contributed by atoms with Crippen LogP contribution in [0.1, 0.15) is 0 Å². The van der Waals surface area contributed by atoms with Gasteiger partial charge in [0.15, 0.2) is 0 Å². The van der Waals surface area contributed by atoms with Crippen LogP contribution in [0.15, 0.2) is 176 Å². The van der Waals surface area contributed by atoms with Gasteiger partial charge in [-0.3, -0.25) is 4.98 Å². The maximum atomic E-state index is 5.23. The predicted octanol–water partition coefficient (Wildman–Crippen LogP) is 12.9.